The number of thiocarbonyl (C=S) groups is 1. The van der Waals surface area contributed by atoms with E-state index in [2.05, 4.69) is 43.4 Å². The summed E-state index contributed by atoms with van der Waals surface area (Å²) in [4.78, 5) is 12.8. The summed E-state index contributed by atoms with van der Waals surface area (Å²) in [5.41, 5.74) is 7.62. The fourth-order valence-electron chi connectivity index (χ4n) is 2.94. The summed E-state index contributed by atoms with van der Waals surface area (Å²) in [6.45, 7) is 4.87. The van der Waals surface area contributed by atoms with E-state index in [1.165, 1.54) is 5.56 Å². The second-order valence-electron chi connectivity index (χ2n) is 6.23. The lowest BCUT2D eigenvalue weighted by molar-refractivity contribution is -0.127. The smallest absolute Gasteiger partial charge is 0.233 e. The molecule has 3 nitrogen and oxygen atoms in total. The van der Waals surface area contributed by atoms with Gasteiger partial charge in [-0.3, -0.25) is 4.79 Å². The van der Waals surface area contributed by atoms with E-state index in [0.717, 1.165) is 31.2 Å². The van der Waals surface area contributed by atoms with Crippen LogP contribution in [-0.4, -0.2) is 10.9 Å². The van der Waals surface area contributed by atoms with Crippen LogP contribution in [0.2, 0.25) is 0 Å². The molecule has 4 heteroatoms. The van der Waals surface area contributed by atoms with Crippen LogP contribution in [0.4, 0.5) is 0 Å². The maximum absolute atomic E-state index is 12.5. The van der Waals surface area contributed by atoms with Crippen LogP contribution >= 0.6 is 12.2 Å². The van der Waals surface area contributed by atoms with Crippen LogP contribution in [0, 0.1) is 5.41 Å². The molecule has 1 amide bonds. The molecular weight excluding hydrogens is 280 g/mol. The van der Waals surface area contributed by atoms with Crippen LogP contribution in [0.1, 0.15) is 56.6 Å². The van der Waals surface area contributed by atoms with Gasteiger partial charge in [0.2, 0.25) is 5.91 Å². The van der Waals surface area contributed by atoms with Crippen LogP contribution in [0.25, 0.3) is 0 Å². The van der Waals surface area contributed by atoms with Gasteiger partial charge in [0, 0.05) is 6.54 Å². The molecule has 1 fully saturated rings. The van der Waals surface area contributed by atoms with Crippen molar-refractivity contribution in [2.75, 3.05) is 0 Å². The van der Waals surface area contributed by atoms with Crippen molar-refractivity contribution in [3.05, 3.63) is 35.4 Å². The monoisotopic (exact) mass is 304 g/mol. The second kappa shape index (κ2) is 6.56. The van der Waals surface area contributed by atoms with E-state index in [4.69, 9.17) is 18.0 Å². The summed E-state index contributed by atoms with van der Waals surface area (Å²) in [6, 6.07) is 8.37. The van der Waals surface area contributed by atoms with Crippen molar-refractivity contribution in [3.63, 3.8) is 0 Å². The Morgan fingerprint density at radius 2 is 1.86 bits per heavy atom. The second-order valence-corrected chi connectivity index (χ2v) is 6.67. The summed E-state index contributed by atoms with van der Waals surface area (Å²) in [7, 11) is 0. The molecule has 0 spiro atoms. The van der Waals surface area contributed by atoms with Crippen molar-refractivity contribution in [1.29, 1.82) is 0 Å². The molecule has 0 heterocycles. The van der Waals surface area contributed by atoms with Crippen LogP contribution in [0.15, 0.2) is 24.3 Å². The minimum atomic E-state index is -0.618. The zero-order valence-electron chi connectivity index (χ0n) is 12.8. The Morgan fingerprint density at radius 1 is 1.29 bits per heavy atom. The van der Waals surface area contributed by atoms with E-state index in [1.807, 2.05) is 0 Å². The Labute approximate surface area is 132 Å². The highest BCUT2D eigenvalue weighted by Crippen LogP contribution is 2.38. The molecule has 1 aromatic carbocycles. The predicted molar refractivity (Wildman–Crippen MR) is 90.1 cm³/mol. The van der Waals surface area contributed by atoms with E-state index in [9.17, 15) is 4.79 Å². The number of carbonyl (C=O) groups excluding carboxylic acids is 1. The summed E-state index contributed by atoms with van der Waals surface area (Å²) < 4.78 is 0. The number of amides is 1. The van der Waals surface area contributed by atoms with Crippen LogP contribution in [0.3, 0.4) is 0 Å². The molecule has 114 valence electrons. The van der Waals surface area contributed by atoms with E-state index in [-0.39, 0.29) is 5.91 Å². The molecule has 1 aliphatic carbocycles. The molecular formula is C17H24N2OS. The normalized spacial score (nSPS) is 16.9. The molecule has 0 aromatic heterocycles. The number of carbonyl (C=O) groups is 1. The Balaban J connectivity index is 1.98. The van der Waals surface area contributed by atoms with Gasteiger partial charge < -0.3 is 11.1 Å². The molecule has 1 aromatic rings. The van der Waals surface area contributed by atoms with E-state index < -0.39 is 5.41 Å². The van der Waals surface area contributed by atoms with E-state index in [1.54, 1.807) is 0 Å². The first-order valence-corrected chi connectivity index (χ1v) is 8.03. The fourth-order valence-corrected chi connectivity index (χ4v) is 3.23. The molecule has 0 bridgehead atoms. The summed E-state index contributed by atoms with van der Waals surface area (Å²) >= 11 is 5.14. The molecule has 1 saturated carbocycles. The average molecular weight is 304 g/mol. The van der Waals surface area contributed by atoms with Crippen LogP contribution < -0.4 is 11.1 Å². The van der Waals surface area contributed by atoms with Crippen molar-refractivity contribution >= 4 is 23.1 Å². The predicted octanol–water partition coefficient (Wildman–Crippen LogP) is 3.27. The van der Waals surface area contributed by atoms with Crippen LogP contribution in [0.5, 0.6) is 0 Å². The highest BCUT2D eigenvalue weighted by atomic mass is 32.1. The minimum Gasteiger partial charge on any atom is -0.392 e. The van der Waals surface area contributed by atoms with Gasteiger partial charge in [-0.25, -0.2) is 0 Å². The zero-order valence-corrected chi connectivity index (χ0v) is 13.6. The first kappa shape index (κ1) is 16.0. The SMILES string of the molecule is CC(C)c1ccc(CNC(=O)C2(C(N)=S)CCCC2)cc1. The lowest BCUT2D eigenvalue weighted by Gasteiger charge is -2.26. The van der Waals surface area contributed by atoms with Gasteiger partial charge in [0.05, 0.1) is 10.4 Å². The molecule has 0 atom stereocenters. The number of nitrogens with one attached hydrogen (secondary N) is 1. The molecule has 2 rings (SSSR count). The summed E-state index contributed by atoms with van der Waals surface area (Å²) in [6.07, 6.45) is 3.60. The van der Waals surface area contributed by atoms with Gasteiger partial charge in [-0.15, -0.1) is 0 Å². The first-order chi connectivity index (χ1) is 9.95. The number of benzene rings is 1. The lowest BCUT2D eigenvalue weighted by atomic mass is 9.85. The third-order valence-electron chi connectivity index (χ3n) is 4.46. The zero-order chi connectivity index (χ0) is 15.5. The lowest BCUT2D eigenvalue weighted by Crippen LogP contribution is -2.46. The largest absolute Gasteiger partial charge is 0.392 e. The van der Waals surface area contributed by atoms with Crippen molar-refractivity contribution in [2.24, 2.45) is 11.1 Å². The Hall–Kier alpha value is -1.42. The van der Waals surface area contributed by atoms with Gasteiger partial charge in [0.15, 0.2) is 0 Å². The van der Waals surface area contributed by atoms with Crippen LogP contribution in [-0.2, 0) is 11.3 Å². The Kier molecular flexibility index (Phi) is 4.99. The van der Waals surface area contributed by atoms with Gasteiger partial charge in [-0.05, 0) is 29.9 Å². The van der Waals surface area contributed by atoms with Crippen molar-refractivity contribution in [1.82, 2.24) is 5.32 Å². The number of nitrogens with two attached hydrogens (primary N) is 1. The van der Waals surface area contributed by atoms with Gasteiger partial charge in [-0.2, -0.15) is 0 Å². The third-order valence-corrected chi connectivity index (χ3v) is 4.85. The quantitative estimate of drug-likeness (QED) is 0.821. The van der Waals surface area contributed by atoms with Crippen molar-refractivity contribution in [2.45, 2.75) is 52.0 Å². The number of rotatable bonds is 5. The molecule has 21 heavy (non-hydrogen) atoms. The maximum Gasteiger partial charge on any atom is 0.233 e. The topological polar surface area (TPSA) is 55.1 Å². The molecule has 3 N–H and O–H groups in total. The van der Waals surface area contributed by atoms with Crippen molar-refractivity contribution < 1.29 is 4.79 Å². The minimum absolute atomic E-state index is 0.0135. The standard InChI is InChI=1S/C17H24N2OS/c1-12(2)14-7-5-13(6-8-14)11-19-16(20)17(15(18)21)9-3-4-10-17/h5-8,12H,3-4,9-11H2,1-2H3,(H2,18,21)(H,19,20). The Bertz CT molecular complexity index is 516. The van der Waals surface area contributed by atoms with Crippen molar-refractivity contribution in [3.8, 4) is 0 Å². The fraction of sp³-hybridized carbons (Fsp3) is 0.529. The first-order valence-electron chi connectivity index (χ1n) is 7.63. The Morgan fingerprint density at radius 3 is 2.33 bits per heavy atom. The summed E-state index contributed by atoms with van der Waals surface area (Å²) in [5.74, 6) is 0.505. The number of hydrogen-bond acceptors (Lipinski definition) is 2. The molecule has 0 unspecified atom stereocenters. The molecule has 0 saturated heterocycles. The highest BCUT2D eigenvalue weighted by molar-refractivity contribution is 7.80. The average Bonchev–Trinajstić information content (AvgIpc) is 2.96. The molecule has 0 aliphatic heterocycles. The van der Waals surface area contributed by atoms with E-state index >= 15 is 0 Å². The van der Waals surface area contributed by atoms with E-state index in [0.29, 0.717) is 17.5 Å². The third kappa shape index (κ3) is 3.43. The van der Waals surface area contributed by atoms with Gasteiger partial charge >= 0.3 is 0 Å². The maximum atomic E-state index is 12.5. The highest BCUT2D eigenvalue weighted by Gasteiger charge is 2.43. The van der Waals surface area contributed by atoms with Gasteiger partial charge in [-0.1, -0.05) is 63.2 Å². The van der Waals surface area contributed by atoms with Gasteiger partial charge in [0.25, 0.3) is 0 Å². The summed E-state index contributed by atoms with van der Waals surface area (Å²) in [5, 5.41) is 3.01. The molecule has 0 radical (unpaired) electrons. The number of hydrogen-bond donors (Lipinski definition) is 2. The molecule has 1 aliphatic rings. The van der Waals surface area contributed by atoms with Gasteiger partial charge in [0.1, 0.15) is 0 Å².